The number of rotatable bonds is 4. The topological polar surface area (TPSA) is 35.2 Å². The first-order valence-electron chi connectivity index (χ1n) is 5.55. The van der Waals surface area contributed by atoms with Gasteiger partial charge in [-0.25, -0.2) is 4.39 Å². The highest BCUT2D eigenvalue weighted by Crippen LogP contribution is 2.18. The Morgan fingerprint density at radius 1 is 1.11 bits per heavy atom. The molecule has 0 aromatic heterocycles. The number of halogens is 2. The summed E-state index contributed by atoms with van der Waals surface area (Å²) in [5.74, 6) is 0.502. The van der Waals surface area contributed by atoms with Gasteiger partial charge in [-0.2, -0.15) is 0 Å². The minimum absolute atomic E-state index is 0.192. The summed E-state index contributed by atoms with van der Waals surface area (Å²) >= 11 is 3.36. The molecular formula is C14H13BrFNO. The van der Waals surface area contributed by atoms with Crippen molar-refractivity contribution in [3.8, 4) is 5.75 Å². The van der Waals surface area contributed by atoms with Gasteiger partial charge in [0.1, 0.15) is 18.2 Å². The molecule has 0 bridgehead atoms. The second-order valence-corrected chi connectivity index (χ2v) is 4.79. The molecule has 0 fully saturated rings. The zero-order valence-corrected chi connectivity index (χ0v) is 11.3. The van der Waals surface area contributed by atoms with Crippen molar-refractivity contribution >= 4 is 15.9 Å². The summed E-state index contributed by atoms with van der Waals surface area (Å²) < 4.78 is 19.9. The van der Waals surface area contributed by atoms with E-state index in [-0.39, 0.29) is 12.4 Å². The fourth-order valence-corrected chi connectivity index (χ4v) is 1.84. The molecule has 0 aliphatic rings. The number of nitrogens with two attached hydrogens (primary N) is 1. The maximum Gasteiger partial charge on any atom is 0.127 e. The average Bonchev–Trinajstić information content (AvgIpc) is 2.39. The first kappa shape index (κ1) is 13.1. The summed E-state index contributed by atoms with van der Waals surface area (Å²) in [5, 5.41) is 0. The van der Waals surface area contributed by atoms with Gasteiger partial charge in [-0.1, -0.05) is 22.0 Å². The predicted molar refractivity (Wildman–Crippen MR) is 72.8 cm³/mol. The van der Waals surface area contributed by atoms with Gasteiger partial charge in [0.15, 0.2) is 0 Å². The Balaban J connectivity index is 2.04. The van der Waals surface area contributed by atoms with Crippen molar-refractivity contribution in [2.45, 2.75) is 13.2 Å². The maximum atomic E-state index is 13.3. The minimum atomic E-state index is -0.273. The molecule has 2 nitrogen and oxygen atoms in total. The van der Waals surface area contributed by atoms with Gasteiger partial charge in [0.05, 0.1) is 0 Å². The second kappa shape index (κ2) is 5.98. The van der Waals surface area contributed by atoms with E-state index < -0.39 is 0 Å². The molecule has 0 heterocycles. The minimum Gasteiger partial charge on any atom is -0.489 e. The first-order valence-corrected chi connectivity index (χ1v) is 6.34. The van der Waals surface area contributed by atoms with Gasteiger partial charge in [0.25, 0.3) is 0 Å². The second-order valence-electron chi connectivity index (χ2n) is 3.87. The molecule has 2 rings (SSSR count). The van der Waals surface area contributed by atoms with Crippen LogP contribution in [0.1, 0.15) is 11.1 Å². The molecule has 0 saturated carbocycles. The molecular weight excluding hydrogens is 297 g/mol. The van der Waals surface area contributed by atoms with Crippen molar-refractivity contribution < 1.29 is 9.13 Å². The monoisotopic (exact) mass is 309 g/mol. The lowest BCUT2D eigenvalue weighted by molar-refractivity contribution is 0.306. The summed E-state index contributed by atoms with van der Waals surface area (Å²) in [5.41, 5.74) is 6.87. The number of hydrogen-bond donors (Lipinski definition) is 1. The quantitative estimate of drug-likeness (QED) is 0.936. The lowest BCUT2D eigenvalue weighted by Gasteiger charge is -2.08. The highest BCUT2D eigenvalue weighted by atomic mass is 79.9. The Kier molecular flexibility index (Phi) is 4.33. The third-order valence-corrected chi connectivity index (χ3v) is 3.08. The van der Waals surface area contributed by atoms with Crippen molar-refractivity contribution in [1.82, 2.24) is 0 Å². The van der Waals surface area contributed by atoms with Crippen LogP contribution in [0, 0.1) is 5.82 Å². The summed E-state index contributed by atoms with van der Waals surface area (Å²) in [7, 11) is 0. The Hall–Kier alpha value is -1.39. The first-order chi connectivity index (χ1) is 8.69. The fraction of sp³-hybridized carbons (Fsp3) is 0.143. The largest absolute Gasteiger partial charge is 0.489 e. The van der Waals surface area contributed by atoms with Crippen molar-refractivity contribution in [1.29, 1.82) is 0 Å². The Bertz CT molecular complexity index is 528. The van der Waals surface area contributed by atoms with Gasteiger partial charge in [-0.05, 0) is 42.0 Å². The van der Waals surface area contributed by atoms with Crippen LogP contribution in [0.5, 0.6) is 5.75 Å². The van der Waals surface area contributed by atoms with E-state index in [0.717, 1.165) is 15.8 Å². The highest BCUT2D eigenvalue weighted by Gasteiger charge is 2.02. The van der Waals surface area contributed by atoms with Gasteiger partial charge >= 0.3 is 0 Å². The summed E-state index contributed by atoms with van der Waals surface area (Å²) in [6.07, 6.45) is 0. The van der Waals surface area contributed by atoms with Crippen LogP contribution in [0.3, 0.4) is 0 Å². The Labute approximate surface area is 114 Å². The Morgan fingerprint density at radius 3 is 2.50 bits per heavy atom. The van der Waals surface area contributed by atoms with Gasteiger partial charge in [0.2, 0.25) is 0 Å². The normalized spacial score (nSPS) is 10.4. The van der Waals surface area contributed by atoms with E-state index in [0.29, 0.717) is 12.2 Å². The van der Waals surface area contributed by atoms with Crippen LogP contribution in [-0.2, 0) is 13.2 Å². The molecule has 2 N–H and O–H groups in total. The molecule has 0 amide bonds. The lowest BCUT2D eigenvalue weighted by Crippen LogP contribution is -2.02. The molecule has 2 aromatic rings. The SMILES string of the molecule is NCc1cc(COc2ccc(Br)cc2)ccc1F. The van der Waals surface area contributed by atoms with Crippen molar-refractivity contribution in [3.05, 3.63) is 63.9 Å². The molecule has 0 aliphatic heterocycles. The number of ether oxygens (including phenoxy) is 1. The fourth-order valence-electron chi connectivity index (χ4n) is 1.57. The predicted octanol–water partition coefficient (Wildman–Crippen LogP) is 3.63. The van der Waals surface area contributed by atoms with Crippen molar-refractivity contribution in [3.63, 3.8) is 0 Å². The molecule has 18 heavy (non-hydrogen) atoms. The third kappa shape index (κ3) is 3.31. The van der Waals surface area contributed by atoms with Crippen LogP contribution < -0.4 is 10.5 Å². The molecule has 0 aliphatic carbocycles. The van der Waals surface area contributed by atoms with Crippen molar-refractivity contribution in [2.24, 2.45) is 5.73 Å². The summed E-state index contributed by atoms with van der Waals surface area (Å²) in [4.78, 5) is 0. The summed E-state index contributed by atoms with van der Waals surface area (Å²) in [6.45, 7) is 0.590. The Morgan fingerprint density at radius 2 is 1.83 bits per heavy atom. The van der Waals surface area contributed by atoms with Crippen LogP contribution in [0.25, 0.3) is 0 Å². The van der Waals surface area contributed by atoms with E-state index in [1.165, 1.54) is 6.07 Å². The number of benzene rings is 2. The van der Waals surface area contributed by atoms with Crippen LogP contribution >= 0.6 is 15.9 Å². The lowest BCUT2D eigenvalue weighted by atomic mass is 10.1. The van der Waals surface area contributed by atoms with E-state index in [9.17, 15) is 4.39 Å². The van der Waals surface area contributed by atoms with Gasteiger partial charge < -0.3 is 10.5 Å². The number of hydrogen-bond acceptors (Lipinski definition) is 2. The molecule has 2 aromatic carbocycles. The van der Waals surface area contributed by atoms with Gasteiger partial charge in [-0.3, -0.25) is 0 Å². The zero-order chi connectivity index (χ0) is 13.0. The molecule has 4 heteroatoms. The van der Waals surface area contributed by atoms with Crippen LogP contribution in [-0.4, -0.2) is 0 Å². The van der Waals surface area contributed by atoms with Gasteiger partial charge in [-0.15, -0.1) is 0 Å². The van der Waals surface area contributed by atoms with E-state index in [4.69, 9.17) is 10.5 Å². The highest BCUT2D eigenvalue weighted by molar-refractivity contribution is 9.10. The molecule has 0 atom stereocenters. The van der Waals surface area contributed by atoms with Gasteiger partial charge in [0, 0.05) is 16.6 Å². The summed E-state index contributed by atoms with van der Waals surface area (Å²) in [6, 6.07) is 12.4. The van der Waals surface area contributed by atoms with Crippen molar-refractivity contribution in [2.75, 3.05) is 0 Å². The van der Waals surface area contributed by atoms with E-state index in [1.807, 2.05) is 24.3 Å². The maximum absolute atomic E-state index is 13.3. The van der Waals surface area contributed by atoms with Crippen LogP contribution in [0.15, 0.2) is 46.9 Å². The third-order valence-electron chi connectivity index (χ3n) is 2.55. The van der Waals surface area contributed by atoms with Crippen LogP contribution in [0.4, 0.5) is 4.39 Å². The van der Waals surface area contributed by atoms with Crippen LogP contribution in [0.2, 0.25) is 0 Å². The van der Waals surface area contributed by atoms with E-state index in [1.54, 1.807) is 12.1 Å². The molecule has 0 spiro atoms. The molecule has 0 saturated heterocycles. The smallest absolute Gasteiger partial charge is 0.127 e. The molecule has 0 radical (unpaired) electrons. The molecule has 94 valence electrons. The molecule has 0 unspecified atom stereocenters. The zero-order valence-electron chi connectivity index (χ0n) is 9.70. The standard InChI is InChI=1S/C14H13BrFNO/c15-12-2-4-13(5-3-12)18-9-10-1-6-14(16)11(7-10)8-17/h1-7H,8-9,17H2. The van der Waals surface area contributed by atoms with E-state index in [2.05, 4.69) is 15.9 Å². The average molecular weight is 310 g/mol. The van der Waals surface area contributed by atoms with E-state index >= 15 is 0 Å².